The molecule has 0 bridgehead atoms. The van der Waals surface area contributed by atoms with Gasteiger partial charge in [0.2, 0.25) is 12.0 Å². The van der Waals surface area contributed by atoms with Crippen molar-refractivity contribution in [2.45, 2.75) is 0 Å². The number of rotatable bonds is 1. The summed E-state index contributed by atoms with van der Waals surface area (Å²) in [5.74, 6) is 1.46. The van der Waals surface area contributed by atoms with Gasteiger partial charge in [0.05, 0.1) is 0 Å². The van der Waals surface area contributed by atoms with E-state index in [0.29, 0.717) is 5.82 Å². The van der Waals surface area contributed by atoms with Crippen molar-refractivity contribution in [1.82, 2.24) is 15.0 Å². The van der Waals surface area contributed by atoms with Gasteiger partial charge >= 0.3 is 5.82 Å². The summed E-state index contributed by atoms with van der Waals surface area (Å²) in [6.45, 7) is 0. The second kappa shape index (κ2) is 2.19. The van der Waals surface area contributed by atoms with Gasteiger partial charge in [0.25, 0.3) is 0 Å². The molecular weight excluding hydrogens is 142 g/mol. The normalized spacial score (nSPS) is 12.5. The van der Waals surface area contributed by atoms with Crippen LogP contribution in [0.3, 0.4) is 0 Å². The summed E-state index contributed by atoms with van der Waals surface area (Å²) in [5, 5.41) is 5.87. The average molecular weight is 149 g/mol. The Kier molecular flexibility index (Phi) is 1.21. The Balaban J connectivity index is 2.55. The van der Waals surface area contributed by atoms with E-state index in [-0.39, 0.29) is 0 Å². The number of aliphatic imine (C=N–C) groups is 1. The number of aromatic nitrogens is 2. The lowest BCUT2D eigenvalue weighted by Crippen LogP contribution is -1.98. The fourth-order valence-electron chi connectivity index (χ4n) is 0.955. The molecule has 1 aliphatic rings. The molecule has 5 nitrogen and oxygen atoms in total. The molecule has 5 heteroatoms. The van der Waals surface area contributed by atoms with Crippen LogP contribution in [0.25, 0.3) is 0 Å². The molecule has 2 rings (SSSR count). The Morgan fingerprint density at radius 2 is 2.45 bits per heavy atom. The number of hydrogen-bond acceptors (Lipinski definition) is 5. The molecule has 1 aliphatic heterocycles. The molecule has 0 unspecified atom stereocenters. The zero-order valence-corrected chi connectivity index (χ0v) is 6.00. The lowest BCUT2D eigenvalue weighted by molar-refractivity contribution is 1.14. The lowest BCUT2D eigenvalue weighted by Gasteiger charge is -1.97. The van der Waals surface area contributed by atoms with Gasteiger partial charge in [-0.1, -0.05) is 9.98 Å². The maximum atomic E-state index is 4.00. The summed E-state index contributed by atoms with van der Waals surface area (Å²) in [7, 11) is 1.81. The van der Waals surface area contributed by atoms with Gasteiger partial charge in [-0.15, -0.1) is 0 Å². The minimum Gasteiger partial charge on any atom is -0.370 e. The molecule has 0 atom stereocenters. The van der Waals surface area contributed by atoms with Gasteiger partial charge in [0.15, 0.2) is 12.1 Å². The van der Waals surface area contributed by atoms with Crippen LogP contribution in [0.1, 0.15) is 0 Å². The van der Waals surface area contributed by atoms with Crippen molar-refractivity contribution in [3.05, 3.63) is 6.33 Å². The van der Waals surface area contributed by atoms with Crippen molar-refractivity contribution < 1.29 is 0 Å². The molecule has 55 valence electrons. The minimum atomic E-state index is 0.685. The van der Waals surface area contributed by atoms with Gasteiger partial charge in [0.1, 0.15) is 0 Å². The molecule has 11 heavy (non-hydrogen) atoms. The van der Waals surface area contributed by atoms with Crippen LogP contribution >= 0.6 is 0 Å². The predicted octanol–water partition coefficient (Wildman–Crippen LogP) is -0.0606. The summed E-state index contributed by atoms with van der Waals surface area (Å²) in [5.41, 5.74) is 0.843. The summed E-state index contributed by atoms with van der Waals surface area (Å²) >= 11 is 0. The van der Waals surface area contributed by atoms with E-state index in [2.05, 4.69) is 25.6 Å². The van der Waals surface area contributed by atoms with Crippen LogP contribution in [0, 0.1) is 0 Å². The highest BCUT2D eigenvalue weighted by Gasteiger charge is 2.21. The van der Waals surface area contributed by atoms with E-state index in [4.69, 9.17) is 0 Å². The van der Waals surface area contributed by atoms with E-state index in [1.54, 1.807) is 6.34 Å². The molecule has 2 N–H and O–H groups in total. The largest absolute Gasteiger partial charge is 0.370 e. The van der Waals surface area contributed by atoms with Crippen LogP contribution < -0.4 is 15.6 Å². The van der Waals surface area contributed by atoms with E-state index in [1.807, 2.05) is 7.05 Å². The van der Waals surface area contributed by atoms with Crippen LogP contribution in [-0.2, 0) is 0 Å². The Bertz CT molecular complexity index is 306. The lowest BCUT2D eigenvalue weighted by atomic mass is 10.4. The van der Waals surface area contributed by atoms with Gasteiger partial charge in [-0.2, -0.15) is 4.98 Å². The quantitative estimate of drug-likeness (QED) is 0.587. The first kappa shape index (κ1) is 6.09. The zero-order valence-electron chi connectivity index (χ0n) is 6.00. The maximum Gasteiger partial charge on any atom is 0.341 e. The molecule has 1 aromatic heterocycles. The summed E-state index contributed by atoms with van der Waals surface area (Å²) in [4.78, 5) is 11.9. The van der Waals surface area contributed by atoms with E-state index >= 15 is 0 Å². The van der Waals surface area contributed by atoms with Crippen molar-refractivity contribution in [1.29, 1.82) is 0 Å². The number of fused-ring (bicyclic) bond motifs is 1. The van der Waals surface area contributed by atoms with E-state index in [0.717, 1.165) is 11.5 Å². The Morgan fingerprint density at radius 1 is 1.55 bits per heavy atom. The molecule has 0 amide bonds. The van der Waals surface area contributed by atoms with Gasteiger partial charge in [-0.25, -0.2) is 0 Å². The minimum absolute atomic E-state index is 0.685. The highest BCUT2D eigenvalue weighted by molar-refractivity contribution is 5.92. The van der Waals surface area contributed by atoms with Gasteiger partial charge in [-0.05, 0) is 0 Å². The number of anilines is 2. The smallest absolute Gasteiger partial charge is 0.341 e. The third-order valence-corrected chi connectivity index (χ3v) is 1.46. The molecule has 0 saturated carbocycles. The first-order chi connectivity index (χ1) is 5.42. The summed E-state index contributed by atoms with van der Waals surface area (Å²) < 4.78 is 0. The second-order valence-electron chi connectivity index (χ2n) is 2.07. The molecule has 0 saturated heterocycles. The van der Waals surface area contributed by atoms with Crippen LogP contribution in [0.5, 0.6) is 0 Å². The Labute approximate surface area is 63.6 Å². The molecule has 0 fully saturated rings. The molecule has 0 aromatic carbocycles. The third-order valence-electron chi connectivity index (χ3n) is 1.46. The molecule has 1 aromatic rings. The van der Waals surface area contributed by atoms with E-state index in [1.165, 1.54) is 6.33 Å². The van der Waals surface area contributed by atoms with Gasteiger partial charge in [0, 0.05) is 7.05 Å². The number of nitrogens with one attached hydrogen (secondary N) is 2. The summed E-state index contributed by atoms with van der Waals surface area (Å²) in [6.07, 6.45) is 3.08. The summed E-state index contributed by atoms with van der Waals surface area (Å²) in [6, 6.07) is 0. The van der Waals surface area contributed by atoms with Crippen molar-refractivity contribution in [3.8, 4) is 0 Å². The Morgan fingerprint density at radius 3 is 3.27 bits per heavy atom. The predicted molar refractivity (Wildman–Crippen MR) is 43.1 cm³/mol. The molecule has 0 aliphatic carbocycles. The second-order valence-corrected chi connectivity index (χ2v) is 2.07. The van der Waals surface area contributed by atoms with Crippen molar-refractivity contribution in [3.63, 3.8) is 0 Å². The fraction of sp³-hybridized carbons (Fsp3) is 0.167. The van der Waals surface area contributed by atoms with E-state index < -0.39 is 0 Å². The van der Waals surface area contributed by atoms with Crippen LogP contribution in [0.2, 0.25) is 0 Å². The first-order valence-electron chi connectivity index (χ1n) is 3.23. The van der Waals surface area contributed by atoms with Gasteiger partial charge < -0.3 is 5.32 Å². The zero-order chi connectivity index (χ0) is 7.68. The molecular formula is C6H7N5+. The highest BCUT2D eigenvalue weighted by atomic mass is 15.1. The number of nitrogens with zero attached hydrogens (tertiary/aromatic N) is 3. The van der Waals surface area contributed by atoms with Crippen molar-refractivity contribution in [2.24, 2.45) is 0 Å². The molecule has 2 heterocycles. The van der Waals surface area contributed by atoms with Crippen LogP contribution in [-0.4, -0.2) is 23.4 Å². The highest BCUT2D eigenvalue weighted by Crippen LogP contribution is 2.26. The average Bonchev–Trinajstić information content (AvgIpc) is 2.50. The fourth-order valence-corrected chi connectivity index (χ4v) is 0.955. The van der Waals surface area contributed by atoms with Crippen molar-refractivity contribution in [2.75, 3.05) is 17.7 Å². The SMILES string of the molecule is CNc1ncnc2c1NC=[N+]2. The van der Waals surface area contributed by atoms with Gasteiger partial charge in [-0.3, -0.25) is 5.32 Å². The standard InChI is InChI=1S/C6H7N5/c1-7-5-4-6(10-2-8-4)11-3-9-5/h2-3,8H,1H3,(H,7,9,11)/q+1. The number of hydrogen-bond donors (Lipinski definition) is 2. The molecule has 0 spiro atoms. The van der Waals surface area contributed by atoms with Crippen molar-refractivity contribution >= 4 is 23.7 Å². The third kappa shape index (κ3) is 0.813. The topological polar surface area (TPSA) is 63.9 Å². The van der Waals surface area contributed by atoms with Crippen LogP contribution in [0.15, 0.2) is 6.33 Å². The monoisotopic (exact) mass is 149 g/mol. The van der Waals surface area contributed by atoms with E-state index in [9.17, 15) is 0 Å². The Hall–Kier alpha value is -1.65. The van der Waals surface area contributed by atoms with Crippen LogP contribution in [0.4, 0.5) is 17.3 Å². The molecule has 1 radical (unpaired) electrons. The first-order valence-corrected chi connectivity index (χ1v) is 3.23. The maximum absolute atomic E-state index is 4.00.